The van der Waals surface area contributed by atoms with E-state index in [0.29, 0.717) is 51.3 Å². The number of ether oxygens (including phenoxy) is 1. The predicted molar refractivity (Wildman–Crippen MR) is 123 cm³/mol. The molecule has 9 heteroatoms. The van der Waals surface area contributed by atoms with E-state index < -0.39 is 16.4 Å². The summed E-state index contributed by atoms with van der Waals surface area (Å²) in [7, 11) is -3.92. The quantitative estimate of drug-likeness (QED) is 0.633. The Labute approximate surface area is 198 Å². The van der Waals surface area contributed by atoms with E-state index >= 15 is 0 Å². The third-order valence-corrected chi connectivity index (χ3v) is 9.24. The van der Waals surface area contributed by atoms with Gasteiger partial charge in [0.2, 0.25) is 5.91 Å². The predicted octanol–water partition coefficient (Wildman–Crippen LogP) is 4.12. The fourth-order valence-corrected chi connectivity index (χ4v) is 7.01. The fourth-order valence-electron chi connectivity index (χ4n) is 5.44. The molecule has 1 unspecified atom stereocenters. The Morgan fingerprint density at radius 2 is 1.79 bits per heavy atom. The highest BCUT2D eigenvalue weighted by Gasteiger charge is 2.48. The largest absolute Gasteiger partial charge is 0.381 e. The van der Waals surface area contributed by atoms with Crippen molar-refractivity contribution in [2.75, 3.05) is 37.2 Å². The van der Waals surface area contributed by atoms with Crippen molar-refractivity contribution in [1.82, 2.24) is 4.90 Å². The van der Waals surface area contributed by atoms with Crippen LogP contribution in [-0.4, -0.2) is 52.1 Å². The normalized spacial score (nSPS) is 21.9. The summed E-state index contributed by atoms with van der Waals surface area (Å²) < 4.78 is 59.7. The van der Waals surface area contributed by atoms with Crippen LogP contribution in [0.4, 0.5) is 14.5 Å². The molecule has 0 N–H and O–H groups in total. The second-order valence-corrected chi connectivity index (χ2v) is 11.4. The number of hydrogen-bond acceptors (Lipinski definition) is 4. The number of carbonyl (C=O) groups excluding carboxylic acids is 1. The van der Waals surface area contributed by atoms with Crippen LogP contribution in [0.25, 0.3) is 0 Å². The molecule has 34 heavy (non-hydrogen) atoms. The molecule has 0 aromatic heterocycles. The lowest BCUT2D eigenvalue weighted by Gasteiger charge is -2.40. The molecule has 1 atom stereocenters. The first-order valence-electron chi connectivity index (χ1n) is 11.7. The third-order valence-electron chi connectivity index (χ3n) is 7.47. The Kier molecular flexibility index (Phi) is 6.10. The van der Waals surface area contributed by atoms with Crippen molar-refractivity contribution in [1.29, 1.82) is 0 Å². The van der Waals surface area contributed by atoms with E-state index in [4.69, 9.17) is 4.74 Å². The van der Waals surface area contributed by atoms with E-state index in [1.54, 1.807) is 6.07 Å². The van der Waals surface area contributed by atoms with E-state index in [-0.39, 0.29) is 34.2 Å². The second kappa shape index (κ2) is 8.92. The van der Waals surface area contributed by atoms with Crippen LogP contribution in [0.15, 0.2) is 53.4 Å². The maximum Gasteiger partial charge on any atom is 0.264 e. The molecule has 2 fully saturated rings. The first kappa shape index (κ1) is 23.2. The van der Waals surface area contributed by atoms with Gasteiger partial charge >= 0.3 is 0 Å². The van der Waals surface area contributed by atoms with Crippen molar-refractivity contribution in [2.24, 2.45) is 5.92 Å². The fraction of sp³-hybridized carbons (Fsp3) is 0.480. The Balaban J connectivity index is 1.36. The van der Waals surface area contributed by atoms with Crippen molar-refractivity contribution >= 4 is 21.6 Å². The average molecular weight is 491 g/mol. The number of piperidine rings is 1. The number of amides is 1. The highest BCUT2D eigenvalue weighted by Crippen LogP contribution is 2.48. The molecule has 2 aromatic rings. The zero-order valence-electron chi connectivity index (χ0n) is 18.8. The van der Waals surface area contributed by atoms with Crippen molar-refractivity contribution < 1.29 is 26.7 Å². The molecule has 0 saturated carbocycles. The number of likely N-dealkylation sites (tertiary alicyclic amines) is 1. The minimum atomic E-state index is -3.92. The standard InChI is InChI=1S/C25H28F2N2O4S/c26-24(27)19-5-7-20(8-6-19)34(31,32)29-17-25(21-3-1-2-4-22(21)29)10-12-28(13-11-25)23(30)15-18-9-14-33-16-18/h1-8,18,24H,9-17H2. The van der Waals surface area contributed by atoms with Crippen LogP contribution in [-0.2, 0) is 25.0 Å². The molecule has 2 saturated heterocycles. The smallest absolute Gasteiger partial charge is 0.264 e. The number of nitrogens with zero attached hydrogens (tertiary/aromatic N) is 2. The maximum absolute atomic E-state index is 13.5. The number of halogens is 2. The summed E-state index contributed by atoms with van der Waals surface area (Å²) in [6.45, 7) is 2.80. The number of fused-ring (bicyclic) bond motifs is 2. The summed E-state index contributed by atoms with van der Waals surface area (Å²) in [4.78, 5) is 14.7. The molecule has 3 heterocycles. The number of benzene rings is 2. The number of alkyl halides is 2. The zero-order chi connectivity index (χ0) is 23.9. The monoisotopic (exact) mass is 490 g/mol. The Hall–Kier alpha value is -2.52. The summed E-state index contributed by atoms with van der Waals surface area (Å²) in [5, 5.41) is 0. The Morgan fingerprint density at radius 1 is 1.09 bits per heavy atom. The van der Waals surface area contributed by atoms with Gasteiger partial charge in [-0.25, -0.2) is 17.2 Å². The molecule has 2 aromatic carbocycles. The van der Waals surface area contributed by atoms with Crippen molar-refractivity contribution in [3.63, 3.8) is 0 Å². The molecular formula is C25H28F2N2O4S. The number of anilines is 1. The number of carbonyl (C=O) groups is 1. The van der Waals surface area contributed by atoms with E-state index in [0.717, 1.165) is 24.1 Å². The van der Waals surface area contributed by atoms with Gasteiger partial charge in [0.25, 0.3) is 16.4 Å². The zero-order valence-corrected chi connectivity index (χ0v) is 19.6. The minimum absolute atomic E-state index is 0.00449. The van der Waals surface area contributed by atoms with E-state index in [1.165, 1.54) is 16.4 Å². The van der Waals surface area contributed by atoms with Gasteiger partial charge < -0.3 is 9.64 Å². The second-order valence-electron chi connectivity index (χ2n) is 9.49. The molecule has 0 aliphatic carbocycles. The van der Waals surface area contributed by atoms with Gasteiger partial charge in [-0.2, -0.15) is 0 Å². The molecule has 3 aliphatic rings. The summed E-state index contributed by atoms with van der Waals surface area (Å²) in [6.07, 6.45) is 0.114. The number of sulfonamides is 1. The van der Waals surface area contributed by atoms with Crippen LogP contribution in [0.2, 0.25) is 0 Å². The molecule has 1 amide bonds. The van der Waals surface area contributed by atoms with Crippen LogP contribution in [0, 0.1) is 5.92 Å². The number of hydrogen-bond donors (Lipinski definition) is 0. The van der Waals surface area contributed by atoms with Crippen LogP contribution in [0.3, 0.4) is 0 Å². The van der Waals surface area contributed by atoms with E-state index in [9.17, 15) is 22.0 Å². The maximum atomic E-state index is 13.5. The first-order valence-corrected chi connectivity index (χ1v) is 13.1. The molecule has 0 bridgehead atoms. The van der Waals surface area contributed by atoms with E-state index in [1.807, 2.05) is 23.1 Å². The Morgan fingerprint density at radius 3 is 2.44 bits per heavy atom. The average Bonchev–Trinajstić information content (AvgIpc) is 3.47. The lowest BCUT2D eigenvalue weighted by atomic mass is 9.74. The molecule has 3 aliphatic heterocycles. The summed E-state index contributed by atoms with van der Waals surface area (Å²) in [5.74, 6) is 0.424. The van der Waals surface area contributed by atoms with Gasteiger partial charge in [0, 0.05) is 50.2 Å². The van der Waals surface area contributed by atoms with Gasteiger partial charge in [0.15, 0.2) is 0 Å². The van der Waals surface area contributed by atoms with Gasteiger partial charge in [-0.3, -0.25) is 9.10 Å². The van der Waals surface area contributed by atoms with Crippen LogP contribution in [0.1, 0.15) is 43.2 Å². The lowest BCUT2D eigenvalue weighted by molar-refractivity contribution is -0.133. The number of rotatable bonds is 5. The molecule has 5 rings (SSSR count). The summed E-state index contributed by atoms with van der Waals surface area (Å²) in [5.41, 5.74) is 1.01. The van der Waals surface area contributed by atoms with Crippen molar-refractivity contribution in [3.8, 4) is 0 Å². The van der Waals surface area contributed by atoms with Crippen molar-refractivity contribution in [3.05, 3.63) is 59.7 Å². The first-order chi connectivity index (χ1) is 16.3. The molecule has 6 nitrogen and oxygen atoms in total. The van der Waals surface area contributed by atoms with Gasteiger partial charge in [-0.05, 0) is 48.9 Å². The van der Waals surface area contributed by atoms with Crippen molar-refractivity contribution in [2.45, 2.75) is 42.4 Å². The minimum Gasteiger partial charge on any atom is -0.381 e. The highest BCUT2D eigenvalue weighted by atomic mass is 32.2. The van der Waals surface area contributed by atoms with Gasteiger partial charge in [0.1, 0.15) is 0 Å². The molecule has 0 radical (unpaired) electrons. The SMILES string of the molecule is O=C(CC1CCOC1)N1CCC2(CC1)CN(S(=O)(=O)c1ccc(C(F)F)cc1)c1ccccc12. The summed E-state index contributed by atoms with van der Waals surface area (Å²) >= 11 is 0. The molecule has 1 spiro atoms. The topological polar surface area (TPSA) is 66.9 Å². The van der Waals surface area contributed by atoms with Crippen LogP contribution in [0.5, 0.6) is 0 Å². The molecule has 182 valence electrons. The lowest BCUT2D eigenvalue weighted by Crippen LogP contribution is -2.48. The van der Waals surface area contributed by atoms with Crippen LogP contribution >= 0.6 is 0 Å². The van der Waals surface area contributed by atoms with Gasteiger partial charge in [-0.15, -0.1) is 0 Å². The third kappa shape index (κ3) is 4.09. The van der Waals surface area contributed by atoms with Crippen LogP contribution < -0.4 is 4.31 Å². The van der Waals surface area contributed by atoms with Gasteiger partial charge in [-0.1, -0.05) is 30.3 Å². The highest BCUT2D eigenvalue weighted by molar-refractivity contribution is 7.92. The van der Waals surface area contributed by atoms with E-state index in [2.05, 4.69) is 0 Å². The van der Waals surface area contributed by atoms with Gasteiger partial charge in [0.05, 0.1) is 10.6 Å². The molecular weight excluding hydrogens is 462 g/mol. The summed E-state index contributed by atoms with van der Waals surface area (Å²) in [6, 6.07) is 12.3. The Bertz CT molecular complexity index is 1160. The number of para-hydroxylation sites is 1.